The number of halogens is 1. The molecular weight excluding hydrogens is 353 g/mol. The number of carbonyl (C=O) groups is 2. The second-order valence-corrected chi connectivity index (χ2v) is 7.87. The second kappa shape index (κ2) is 6.79. The van der Waals surface area contributed by atoms with Gasteiger partial charge in [0.15, 0.2) is 0 Å². The predicted molar refractivity (Wildman–Crippen MR) is 96.0 cm³/mol. The number of aromatic nitrogens is 1. The highest BCUT2D eigenvalue weighted by Crippen LogP contribution is 2.41. The Morgan fingerprint density at radius 1 is 1.42 bits per heavy atom. The lowest BCUT2D eigenvalue weighted by atomic mass is 9.93. The van der Waals surface area contributed by atoms with Gasteiger partial charge in [0.2, 0.25) is 11.8 Å². The molecule has 0 radical (unpaired) electrons. The number of hydrogen-bond donors (Lipinski definition) is 1. The van der Waals surface area contributed by atoms with Crippen LogP contribution < -0.4 is 5.32 Å². The van der Waals surface area contributed by atoms with Gasteiger partial charge < -0.3 is 10.2 Å². The maximum Gasteiger partial charge on any atom is 0.226 e. The summed E-state index contributed by atoms with van der Waals surface area (Å²) in [6.45, 7) is 0.354. The minimum absolute atomic E-state index is 0.107. The fraction of sp³-hybridized carbons (Fsp3) is 0.421. The van der Waals surface area contributed by atoms with Crippen molar-refractivity contribution in [2.45, 2.75) is 37.8 Å². The quantitative estimate of drug-likeness (QED) is 0.876. The van der Waals surface area contributed by atoms with Crippen LogP contribution in [0.4, 0.5) is 4.39 Å². The van der Waals surface area contributed by atoms with E-state index in [-0.39, 0.29) is 24.1 Å². The summed E-state index contributed by atoms with van der Waals surface area (Å²) in [5.74, 6) is -0.606. The smallest absolute Gasteiger partial charge is 0.226 e. The maximum atomic E-state index is 13.6. The molecule has 4 rings (SSSR count). The summed E-state index contributed by atoms with van der Waals surface area (Å²) in [6.07, 6.45) is 2.53. The first kappa shape index (κ1) is 17.1. The Hall–Kier alpha value is -2.28. The zero-order valence-corrected chi connectivity index (χ0v) is 15.3. The fourth-order valence-electron chi connectivity index (χ4n) is 3.48. The Morgan fingerprint density at radius 2 is 2.23 bits per heavy atom. The molecule has 2 unspecified atom stereocenters. The van der Waals surface area contributed by atoms with Crippen molar-refractivity contribution in [1.29, 1.82) is 0 Å². The molecule has 1 aromatic carbocycles. The molecule has 2 amide bonds. The lowest BCUT2D eigenvalue weighted by Crippen LogP contribution is -2.34. The summed E-state index contributed by atoms with van der Waals surface area (Å²) in [4.78, 5) is 31.0. The first-order valence-electron chi connectivity index (χ1n) is 8.76. The zero-order valence-electron chi connectivity index (χ0n) is 14.4. The summed E-state index contributed by atoms with van der Waals surface area (Å²) in [5, 5.41) is 6.02. The average molecular weight is 373 g/mol. The lowest BCUT2D eigenvalue weighted by Gasteiger charge is -2.24. The van der Waals surface area contributed by atoms with Gasteiger partial charge in [0.05, 0.1) is 29.2 Å². The minimum atomic E-state index is -0.532. The highest BCUT2D eigenvalue weighted by atomic mass is 32.1. The van der Waals surface area contributed by atoms with Crippen LogP contribution in [-0.4, -0.2) is 28.7 Å². The Balaban J connectivity index is 1.46. The van der Waals surface area contributed by atoms with Crippen molar-refractivity contribution in [3.05, 3.63) is 51.7 Å². The molecule has 2 heterocycles. The van der Waals surface area contributed by atoms with Gasteiger partial charge in [-0.15, -0.1) is 11.3 Å². The van der Waals surface area contributed by atoms with Gasteiger partial charge in [-0.2, -0.15) is 0 Å². The molecule has 0 bridgehead atoms. The average Bonchev–Trinajstić information content (AvgIpc) is 3.29. The molecule has 2 aliphatic rings. The molecule has 1 aromatic heterocycles. The number of rotatable bonds is 5. The van der Waals surface area contributed by atoms with E-state index in [4.69, 9.17) is 0 Å². The van der Waals surface area contributed by atoms with Gasteiger partial charge in [-0.25, -0.2) is 9.37 Å². The molecule has 1 N–H and O–H groups in total. The molecule has 1 saturated heterocycles. The van der Waals surface area contributed by atoms with Gasteiger partial charge in [-0.3, -0.25) is 9.59 Å². The van der Waals surface area contributed by atoms with E-state index < -0.39 is 12.0 Å². The molecule has 0 spiro atoms. The highest BCUT2D eigenvalue weighted by molar-refractivity contribution is 7.09. The number of likely N-dealkylation sites (tertiary alicyclic amines) is 1. The summed E-state index contributed by atoms with van der Waals surface area (Å²) in [5.41, 5.74) is 1.49. The number of nitrogens with one attached hydrogen (secondary N) is 1. The molecule has 136 valence electrons. The third kappa shape index (κ3) is 3.35. The maximum absolute atomic E-state index is 13.6. The minimum Gasteiger partial charge on any atom is -0.350 e. The van der Waals surface area contributed by atoms with Crippen LogP contribution in [0.2, 0.25) is 0 Å². The SMILES string of the molecule is CN1C(=O)CC(C(=O)NCc2csc(C3CC3)n2)C1c1cccc(F)c1. The Labute approximate surface area is 155 Å². The third-order valence-corrected chi connectivity index (χ3v) is 6.11. The summed E-state index contributed by atoms with van der Waals surface area (Å²) >= 11 is 1.64. The molecule has 26 heavy (non-hydrogen) atoms. The van der Waals surface area contributed by atoms with E-state index in [9.17, 15) is 14.0 Å². The second-order valence-electron chi connectivity index (χ2n) is 6.98. The summed E-state index contributed by atoms with van der Waals surface area (Å²) in [7, 11) is 1.66. The predicted octanol–water partition coefficient (Wildman–Crippen LogP) is 3.00. The Kier molecular flexibility index (Phi) is 4.48. The van der Waals surface area contributed by atoms with Crippen LogP contribution >= 0.6 is 11.3 Å². The van der Waals surface area contributed by atoms with Crippen molar-refractivity contribution < 1.29 is 14.0 Å². The Morgan fingerprint density at radius 3 is 2.96 bits per heavy atom. The third-order valence-electron chi connectivity index (χ3n) is 5.05. The largest absolute Gasteiger partial charge is 0.350 e. The molecule has 1 saturated carbocycles. The zero-order chi connectivity index (χ0) is 18.3. The topological polar surface area (TPSA) is 62.3 Å². The van der Waals surface area contributed by atoms with E-state index in [0.29, 0.717) is 18.0 Å². The van der Waals surface area contributed by atoms with Crippen molar-refractivity contribution in [3.8, 4) is 0 Å². The molecule has 2 fully saturated rings. The van der Waals surface area contributed by atoms with Crippen LogP contribution in [0.1, 0.15) is 47.5 Å². The molecule has 2 atom stereocenters. The number of benzene rings is 1. The fourth-order valence-corrected chi connectivity index (χ4v) is 4.47. The molecule has 7 heteroatoms. The van der Waals surface area contributed by atoms with E-state index in [0.717, 1.165) is 10.7 Å². The Bertz CT molecular complexity index is 849. The lowest BCUT2D eigenvalue weighted by molar-refractivity contribution is -0.128. The normalized spacial score (nSPS) is 22.7. The van der Waals surface area contributed by atoms with E-state index in [2.05, 4.69) is 10.3 Å². The molecule has 2 aromatic rings. The molecule has 1 aliphatic heterocycles. The number of thiazole rings is 1. The van der Waals surface area contributed by atoms with Crippen molar-refractivity contribution >= 4 is 23.2 Å². The van der Waals surface area contributed by atoms with Gasteiger partial charge in [-0.1, -0.05) is 12.1 Å². The standard InChI is InChI=1S/C19H20FN3O2S/c1-23-16(24)8-15(17(23)12-3-2-4-13(20)7-12)18(25)21-9-14-10-26-19(22-14)11-5-6-11/h2-4,7,10-11,15,17H,5-6,8-9H2,1H3,(H,21,25). The number of carbonyl (C=O) groups excluding carboxylic acids is 2. The molecular formula is C19H20FN3O2S. The van der Waals surface area contributed by atoms with E-state index in [1.807, 2.05) is 5.38 Å². The van der Waals surface area contributed by atoms with Crippen LogP contribution in [0, 0.1) is 11.7 Å². The van der Waals surface area contributed by atoms with E-state index >= 15 is 0 Å². The van der Waals surface area contributed by atoms with Crippen molar-refractivity contribution in [1.82, 2.24) is 15.2 Å². The summed E-state index contributed by atoms with van der Waals surface area (Å²) < 4.78 is 13.6. The van der Waals surface area contributed by atoms with Crippen LogP contribution in [0.3, 0.4) is 0 Å². The van der Waals surface area contributed by atoms with Gasteiger partial charge in [0, 0.05) is 24.8 Å². The van der Waals surface area contributed by atoms with Crippen LogP contribution in [0.5, 0.6) is 0 Å². The highest BCUT2D eigenvalue weighted by Gasteiger charge is 2.42. The van der Waals surface area contributed by atoms with E-state index in [1.54, 1.807) is 30.5 Å². The first-order chi connectivity index (χ1) is 12.5. The number of amides is 2. The number of hydrogen-bond acceptors (Lipinski definition) is 4. The first-order valence-corrected chi connectivity index (χ1v) is 9.64. The number of nitrogens with zero attached hydrogens (tertiary/aromatic N) is 2. The van der Waals surface area contributed by atoms with Gasteiger partial charge in [0.25, 0.3) is 0 Å². The van der Waals surface area contributed by atoms with Crippen molar-refractivity contribution in [2.24, 2.45) is 5.92 Å². The molecule has 5 nitrogen and oxygen atoms in total. The van der Waals surface area contributed by atoms with Crippen molar-refractivity contribution in [3.63, 3.8) is 0 Å². The van der Waals surface area contributed by atoms with Crippen LogP contribution in [0.25, 0.3) is 0 Å². The van der Waals surface area contributed by atoms with Crippen LogP contribution in [0.15, 0.2) is 29.6 Å². The van der Waals surface area contributed by atoms with Crippen LogP contribution in [-0.2, 0) is 16.1 Å². The van der Waals surface area contributed by atoms with Gasteiger partial charge in [0.1, 0.15) is 5.82 Å². The van der Waals surface area contributed by atoms with Gasteiger partial charge in [-0.05, 0) is 30.5 Å². The molecule has 1 aliphatic carbocycles. The van der Waals surface area contributed by atoms with Crippen molar-refractivity contribution in [2.75, 3.05) is 7.05 Å². The van der Waals surface area contributed by atoms with Gasteiger partial charge >= 0.3 is 0 Å². The summed E-state index contributed by atoms with van der Waals surface area (Å²) in [6, 6.07) is 5.66. The van der Waals surface area contributed by atoms with E-state index in [1.165, 1.54) is 29.9 Å². The monoisotopic (exact) mass is 373 g/mol.